The Balaban J connectivity index is 1.38. The summed E-state index contributed by atoms with van der Waals surface area (Å²) in [6.07, 6.45) is 0. The average Bonchev–Trinajstić information content (AvgIpc) is 3.16. The summed E-state index contributed by atoms with van der Waals surface area (Å²) in [6.45, 7) is 2.71. The van der Waals surface area contributed by atoms with Gasteiger partial charge in [-0.15, -0.1) is 0 Å². The van der Waals surface area contributed by atoms with Gasteiger partial charge in [-0.1, -0.05) is 23.9 Å². The highest BCUT2D eigenvalue weighted by atomic mass is 32.2. The number of nitrogens with zero attached hydrogens (tertiary/aromatic N) is 1. The zero-order valence-corrected chi connectivity index (χ0v) is 16.5. The van der Waals surface area contributed by atoms with E-state index in [0.29, 0.717) is 18.0 Å². The van der Waals surface area contributed by atoms with Crippen LogP contribution < -0.4 is 19.5 Å². The van der Waals surface area contributed by atoms with E-state index in [1.807, 2.05) is 43.3 Å². The third-order valence-electron chi connectivity index (χ3n) is 4.44. The molecular formula is C21H20N2O4S. The van der Waals surface area contributed by atoms with Crippen LogP contribution in [0.5, 0.6) is 17.2 Å². The van der Waals surface area contributed by atoms with Gasteiger partial charge in [-0.25, -0.2) is 4.98 Å². The third kappa shape index (κ3) is 3.99. The molecule has 1 N–H and O–H groups in total. The van der Waals surface area contributed by atoms with E-state index in [0.717, 1.165) is 38.6 Å². The summed E-state index contributed by atoms with van der Waals surface area (Å²) in [6, 6.07) is 13.5. The summed E-state index contributed by atoms with van der Waals surface area (Å²) >= 11 is 1.43. The van der Waals surface area contributed by atoms with Gasteiger partial charge < -0.3 is 19.5 Å². The number of fused-ring (bicyclic) bond motifs is 2. The van der Waals surface area contributed by atoms with Crippen LogP contribution in [-0.2, 0) is 11.3 Å². The average molecular weight is 396 g/mol. The molecule has 0 fully saturated rings. The predicted octanol–water partition coefficient (Wildman–Crippen LogP) is 3.69. The molecule has 0 saturated carbocycles. The molecule has 3 aromatic rings. The predicted molar refractivity (Wildman–Crippen MR) is 108 cm³/mol. The Morgan fingerprint density at radius 1 is 1.18 bits per heavy atom. The molecule has 1 aromatic heterocycles. The lowest BCUT2D eigenvalue weighted by Gasteiger charge is -2.09. The number of hydrogen-bond donors (Lipinski definition) is 1. The van der Waals surface area contributed by atoms with Crippen molar-refractivity contribution in [2.75, 3.05) is 19.7 Å². The summed E-state index contributed by atoms with van der Waals surface area (Å²) in [4.78, 5) is 16.9. The first-order valence-corrected chi connectivity index (χ1v) is 9.84. The Hall–Kier alpha value is -2.93. The molecule has 0 atom stereocenters. The number of carbonyl (C=O) groups is 1. The van der Waals surface area contributed by atoms with Gasteiger partial charge in [0.1, 0.15) is 10.8 Å². The van der Waals surface area contributed by atoms with Crippen molar-refractivity contribution < 1.29 is 19.0 Å². The molecule has 1 aliphatic heterocycles. The first-order chi connectivity index (χ1) is 13.6. The molecule has 1 aliphatic rings. The van der Waals surface area contributed by atoms with Crippen molar-refractivity contribution in [3.05, 3.63) is 53.6 Å². The molecule has 28 heavy (non-hydrogen) atoms. The maximum atomic E-state index is 12.2. The number of rotatable bonds is 6. The molecule has 7 heteroatoms. The minimum atomic E-state index is -0.0344. The van der Waals surface area contributed by atoms with Crippen molar-refractivity contribution >= 4 is 28.6 Å². The molecule has 6 nitrogen and oxygen atoms in total. The van der Waals surface area contributed by atoms with E-state index >= 15 is 0 Å². The van der Waals surface area contributed by atoms with Gasteiger partial charge in [-0.3, -0.25) is 4.79 Å². The molecule has 2 aromatic carbocycles. The van der Waals surface area contributed by atoms with Gasteiger partial charge in [-0.05, 0) is 42.3 Å². The molecular weight excluding hydrogens is 376 g/mol. The Kier molecular flexibility index (Phi) is 5.25. The molecule has 0 unspecified atom stereocenters. The monoisotopic (exact) mass is 396 g/mol. The maximum Gasteiger partial charge on any atom is 0.231 e. The number of thioether (sulfide) groups is 1. The van der Waals surface area contributed by atoms with Gasteiger partial charge in [0.05, 0.1) is 18.4 Å². The Morgan fingerprint density at radius 3 is 2.68 bits per heavy atom. The maximum absolute atomic E-state index is 12.2. The van der Waals surface area contributed by atoms with E-state index in [2.05, 4.69) is 11.4 Å². The van der Waals surface area contributed by atoms with Crippen LogP contribution in [0.3, 0.4) is 0 Å². The number of methoxy groups -OCH3 is 1. The van der Waals surface area contributed by atoms with Gasteiger partial charge in [-0.2, -0.15) is 0 Å². The number of hydrogen-bond acceptors (Lipinski definition) is 6. The van der Waals surface area contributed by atoms with Crippen molar-refractivity contribution in [2.24, 2.45) is 0 Å². The first-order valence-electron chi connectivity index (χ1n) is 8.86. The fraction of sp³-hybridized carbons (Fsp3) is 0.238. The summed E-state index contributed by atoms with van der Waals surface area (Å²) in [5.74, 6) is 2.52. The Bertz CT molecular complexity index is 1020. The van der Waals surface area contributed by atoms with Crippen LogP contribution in [0.25, 0.3) is 10.9 Å². The third-order valence-corrected chi connectivity index (χ3v) is 5.54. The minimum Gasteiger partial charge on any atom is -0.497 e. The second kappa shape index (κ2) is 7.98. The fourth-order valence-corrected chi connectivity index (χ4v) is 3.75. The molecule has 1 amide bonds. The number of benzene rings is 2. The lowest BCUT2D eigenvalue weighted by atomic mass is 10.1. The van der Waals surface area contributed by atoms with Gasteiger partial charge in [0.15, 0.2) is 11.5 Å². The summed E-state index contributed by atoms with van der Waals surface area (Å²) in [5, 5.41) is 4.77. The van der Waals surface area contributed by atoms with Crippen molar-refractivity contribution in [1.82, 2.24) is 10.3 Å². The van der Waals surface area contributed by atoms with Gasteiger partial charge in [0.25, 0.3) is 0 Å². The standard InChI is InChI=1S/C21H20N2O4S/c1-13-7-15-8-18-19(27-12-26-18)9-17(15)23-21(13)28-11-20(24)22-10-14-3-5-16(25-2)6-4-14/h3-9H,10-12H2,1-2H3,(H,22,24). The number of pyridine rings is 1. The fourth-order valence-electron chi connectivity index (χ4n) is 2.93. The smallest absolute Gasteiger partial charge is 0.231 e. The van der Waals surface area contributed by atoms with Gasteiger partial charge in [0.2, 0.25) is 12.7 Å². The SMILES string of the molecule is COc1ccc(CNC(=O)CSc2nc3cc4c(cc3cc2C)OCO4)cc1. The Morgan fingerprint density at radius 2 is 1.93 bits per heavy atom. The van der Waals surface area contributed by atoms with E-state index in [1.165, 1.54) is 11.8 Å². The number of ether oxygens (including phenoxy) is 3. The molecule has 4 rings (SSSR count). The van der Waals surface area contributed by atoms with Gasteiger partial charge in [0, 0.05) is 18.0 Å². The second-order valence-electron chi connectivity index (χ2n) is 6.42. The highest BCUT2D eigenvalue weighted by molar-refractivity contribution is 7.99. The van der Waals surface area contributed by atoms with E-state index in [1.54, 1.807) is 7.11 Å². The topological polar surface area (TPSA) is 69.7 Å². The summed E-state index contributed by atoms with van der Waals surface area (Å²) in [7, 11) is 1.63. The van der Waals surface area contributed by atoms with Crippen molar-refractivity contribution in [1.29, 1.82) is 0 Å². The Labute approximate surface area is 167 Å². The molecule has 0 radical (unpaired) electrons. The van der Waals surface area contributed by atoms with Crippen LogP contribution in [0, 0.1) is 6.92 Å². The lowest BCUT2D eigenvalue weighted by molar-refractivity contribution is -0.118. The van der Waals surface area contributed by atoms with E-state index in [-0.39, 0.29) is 12.7 Å². The molecule has 0 saturated heterocycles. The molecule has 0 aliphatic carbocycles. The van der Waals surface area contributed by atoms with Crippen LogP contribution in [0.1, 0.15) is 11.1 Å². The quantitative estimate of drug-likeness (QED) is 0.641. The van der Waals surface area contributed by atoms with Crippen molar-refractivity contribution in [3.8, 4) is 17.2 Å². The van der Waals surface area contributed by atoms with Gasteiger partial charge >= 0.3 is 0 Å². The van der Waals surface area contributed by atoms with Crippen molar-refractivity contribution in [3.63, 3.8) is 0 Å². The highest BCUT2D eigenvalue weighted by Crippen LogP contribution is 2.36. The first kappa shape index (κ1) is 18.4. The molecule has 2 heterocycles. The molecule has 0 bridgehead atoms. The number of aromatic nitrogens is 1. The zero-order chi connectivity index (χ0) is 19.5. The normalized spacial score (nSPS) is 12.2. The molecule has 144 valence electrons. The highest BCUT2D eigenvalue weighted by Gasteiger charge is 2.16. The number of amides is 1. The summed E-state index contributed by atoms with van der Waals surface area (Å²) in [5.41, 5.74) is 2.88. The van der Waals surface area contributed by atoms with E-state index in [4.69, 9.17) is 19.2 Å². The second-order valence-corrected chi connectivity index (χ2v) is 7.39. The van der Waals surface area contributed by atoms with Crippen LogP contribution in [0.15, 0.2) is 47.5 Å². The van der Waals surface area contributed by atoms with E-state index < -0.39 is 0 Å². The van der Waals surface area contributed by atoms with Crippen LogP contribution in [0.2, 0.25) is 0 Å². The minimum absolute atomic E-state index is 0.0344. The summed E-state index contributed by atoms with van der Waals surface area (Å²) < 4.78 is 16.0. The largest absolute Gasteiger partial charge is 0.497 e. The van der Waals surface area contributed by atoms with E-state index in [9.17, 15) is 4.79 Å². The van der Waals surface area contributed by atoms with Crippen LogP contribution in [-0.4, -0.2) is 30.5 Å². The number of aryl methyl sites for hydroxylation is 1. The zero-order valence-electron chi connectivity index (χ0n) is 15.7. The van der Waals surface area contributed by atoms with Crippen molar-refractivity contribution in [2.45, 2.75) is 18.5 Å². The van der Waals surface area contributed by atoms with Crippen LogP contribution >= 0.6 is 11.8 Å². The number of nitrogens with one attached hydrogen (secondary N) is 1. The number of carbonyl (C=O) groups excluding carboxylic acids is 1. The lowest BCUT2D eigenvalue weighted by Crippen LogP contribution is -2.24. The molecule has 0 spiro atoms. The van der Waals surface area contributed by atoms with Crippen LogP contribution in [0.4, 0.5) is 0 Å².